The first-order valence-electron chi connectivity index (χ1n) is 7.32. The highest BCUT2D eigenvalue weighted by atomic mass is 16.5. The molecule has 116 valence electrons. The first kappa shape index (κ1) is 16.0. The molecule has 2 aromatic rings. The number of ether oxygens (including phenoxy) is 1. The molecule has 0 aliphatic carbocycles. The highest BCUT2D eigenvalue weighted by molar-refractivity contribution is 5.94. The summed E-state index contributed by atoms with van der Waals surface area (Å²) in [5.41, 5.74) is 3.09. The second-order valence-corrected chi connectivity index (χ2v) is 5.31. The quantitative estimate of drug-likeness (QED) is 0.861. The molecule has 0 saturated carbocycles. The number of rotatable bonds is 6. The number of amides is 1. The van der Waals surface area contributed by atoms with Gasteiger partial charge in [0, 0.05) is 12.2 Å². The lowest BCUT2D eigenvalue weighted by atomic mass is 10.2. The van der Waals surface area contributed by atoms with Gasteiger partial charge in [-0.25, -0.2) is 0 Å². The Labute approximate surface area is 131 Å². The summed E-state index contributed by atoms with van der Waals surface area (Å²) < 4.78 is 5.12. The lowest BCUT2D eigenvalue weighted by Crippen LogP contribution is -2.37. The molecule has 0 saturated heterocycles. The summed E-state index contributed by atoms with van der Waals surface area (Å²) in [6.45, 7) is 4.50. The lowest BCUT2D eigenvalue weighted by molar-refractivity contribution is -0.117. The predicted octanol–water partition coefficient (Wildman–Crippen LogP) is 3.12. The third-order valence-electron chi connectivity index (χ3n) is 3.48. The third-order valence-corrected chi connectivity index (χ3v) is 3.48. The number of nitrogens with one attached hydrogen (secondary N) is 2. The Bertz CT molecular complexity index is 606. The molecule has 0 spiro atoms. The topological polar surface area (TPSA) is 50.4 Å². The van der Waals surface area contributed by atoms with E-state index in [0.717, 1.165) is 17.0 Å². The number of carbonyl (C=O) groups excluding carboxylic acids is 1. The summed E-state index contributed by atoms with van der Waals surface area (Å²) in [6.07, 6.45) is 0. The van der Waals surface area contributed by atoms with Crippen LogP contribution in [0, 0.1) is 6.92 Å². The summed E-state index contributed by atoms with van der Waals surface area (Å²) in [7, 11) is 1.64. The van der Waals surface area contributed by atoms with E-state index in [0.29, 0.717) is 6.54 Å². The normalized spacial score (nSPS) is 11.8. The van der Waals surface area contributed by atoms with Gasteiger partial charge in [0.05, 0.1) is 13.2 Å². The van der Waals surface area contributed by atoms with Crippen LogP contribution in [0.2, 0.25) is 0 Å². The maximum Gasteiger partial charge on any atom is 0.241 e. The van der Waals surface area contributed by atoms with Crippen molar-refractivity contribution in [1.29, 1.82) is 0 Å². The van der Waals surface area contributed by atoms with E-state index >= 15 is 0 Å². The molecule has 2 rings (SSSR count). The average molecular weight is 298 g/mol. The van der Waals surface area contributed by atoms with Gasteiger partial charge in [0.2, 0.25) is 5.91 Å². The second-order valence-electron chi connectivity index (χ2n) is 5.31. The minimum atomic E-state index is -0.275. The van der Waals surface area contributed by atoms with Crippen molar-refractivity contribution in [2.45, 2.75) is 26.4 Å². The summed E-state index contributed by atoms with van der Waals surface area (Å²) in [5, 5.41) is 6.12. The first-order chi connectivity index (χ1) is 10.6. The van der Waals surface area contributed by atoms with Gasteiger partial charge in [-0.05, 0) is 43.7 Å². The Hall–Kier alpha value is -2.33. The zero-order valence-corrected chi connectivity index (χ0v) is 13.2. The molecule has 0 heterocycles. The maximum absolute atomic E-state index is 12.1. The number of carbonyl (C=O) groups is 1. The van der Waals surface area contributed by atoms with Gasteiger partial charge in [0.15, 0.2) is 0 Å². The molecule has 0 aliphatic rings. The number of hydrogen-bond acceptors (Lipinski definition) is 3. The van der Waals surface area contributed by atoms with Crippen LogP contribution in [0.4, 0.5) is 5.69 Å². The summed E-state index contributed by atoms with van der Waals surface area (Å²) in [6, 6.07) is 15.3. The number of aryl methyl sites for hydroxylation is 1. The highest BCUT2D eigenvalue weighted by Gasteiger charge is 2.12. The van der Waals surface area contributed by atoms with Crippen molar-refractivity contribution < 1.29 is 9.53 Å². The van der Waals surface area contributed by atoms with Crippen LogP contribution >= 0.6 is 0 Å². The molecular weight excluding hydrogens is 276 g/mol. The fraction of sp³-hybridized carbons (Fsp3) is 0.278. The largest absolute Gasteiger partial charge is 0.497 e. The average Bonchev–Trinajstić information content (AvgIpc) is 2.55. The van der Waals surface area contributed by atoms with Crippen LogP contribution in [0.25, 0.3) is 0 Å². The van der Waals surface area contributed by atoms with Crippen LogP contribution in [-0.4, -0.2) is 19.1 Å². The van der Waals surface area contributed by atoms with Crippen LogP contribution < -0.4 is 15.4 Å². The van der Waals surface area contributed by atoms with Crippen LogP contribution in [0.1, 0.15) is 18.1 Å². The molecule has 0 radical (unpaired) electrons. The lowest BCUT2D eigenvalue weighted by Gasteiger charge is -2.14. The molecule has 2 aromatic carbocycles. The monoisotopic (exact) mass is 298 g/mol. The summed E-state index contributed by atoms with van der Waals surface area (Å²) >= 11 is 0. The van der Waals surface area contributed by atoms with Crippen LogP contribution in [-0.2, 0) is 11.3 Å². The van der Waals surface area contributed by atoms with E-state index in [1.165, 1.54) is 5.56 Å². The van der Waals surface area contributed by atoms with E-state index in [1.54, 1.807) is 7.11 Å². The molecule has 0 aromatic heterocycles. The first-order valence-corrected chi connectivity index (χ1v) is 7.32. The molecule has 0 unspecified atom stereocenters. The number of hydrogen-bond donors (Lipinski definition) is 2. The van der Waals surface area contributed by atoms with Gasteiger partial charge in [-0.15, -0.1) is 0 Å². The van der Waals surface area contributed by atoms with Crippen molar-refractivity contribution in [2.75, 3.05) is 12.4 Å². The van der Waals surface area contributed by atoms with Gasteiger partial charge in [-0.3, -0.25) is 4.79 Å². The minimum Gasteiger partial charge on any atom is -0.497 e. The molecule has 4 heteroatoms. The Kier molecular flexibility index (Phi) is 5.55. The molecule has 0 fully saturated rings. The molecule has 2 N–H and O–H groups in total. The molecule has 1 amide bonds. The SMILES string of the molecule is COc1ccc(CN[C@H](C)C(=O)Nc2ccc(C)cc2)cc1. The number of methoxy groups -OCH3 is 1. The van der Waals surface area contributed by atoms with Crippen molar-refractivity contribution in [3.05, 3.63) is 59.7 Å². The highest BCUT2D eigenvalue weighted by Crippen LogP contribution is 2.12. The van der Waals surface area contributed by atoms with Gasteiger partial charge in [0.1, 0.15) is 5.75 Å². The number of anilines is 1. The fourth-order valence-electron chi connectivity index (χ4n) is 1.99. The predicted molar refractivity (Wildman–Crippen MR) is 89.1 cm³/mol. The van der Waals surface area contributed by atoms with E-state index in [9.17, 15) is 4.79 Å². The van der Waals surface area contributed by atoms with Crippen LogP contribution in [0.15, 0.2) is 48.5 Å². The Morgan fingerprint density at radius 3 is 2.32 bits per heavy atom. The van der Waals surface area contributed by atoms with Crippen molar-refractivity contribution in [2.24, 2.45) is 0 Å². The van der Waals surface area contributed by atoms with E-state index in [2.05, 4.69) is 10.6 Å². The van der Waals surface area contributed by atoms with Gasteiger partial charge in [-0.1, -0.05) is 29.8 Å². The molecule has 1 atom stereocenters. The van der Waals surface area contributed by atoms with E-state index in [-0.39, 0.29) is 11.9 Å². The molecular formula is C18H22N2O2. The second kappa shape index (κ2) is 7.61. The van der Waals surface area contributed by atoms with Crippen molar-refractivity contribution in [3.8, 4) is 5.75 Å². The Balaban J connectivity index is 1.84. The summed E-state index contributed by atoms with van der Waals surface area (Å²) in [5.74, 6) is 0.784. The van der Waals surface area contributed by atoms with Gasteiger partial charge in [0.25, 0.3) is 0 Å². The van der Waals surface area contributed by atoms with Crippen molar-refractivity contribution in [3.63, 3.8) is 0 Å². The Morgan fingerprint density at radius 2 is 1.73 bits per heavy atom. The van der Waals surface area contributed by atoms with E-state index < -0.39 is 0 Å². The van der Waals surface area contributed by atoms with Crippen LogP contribution in [0.3, 0.4) is 0 Å². The molecule has 0 aliphatic heterocycles. The molecule has 22 heavy (non-hydrogen) atoms. The smallest absolute Gasteiger partial charge is 0.241 e. The third kappa shape index (κ3) is 4.60. The summed E-state index contributed by atoms with van der Waals surface area (Å²) in [4.78, 5) is 12.1. The molecule has 0 bridgehead atoms. The van der Waals surface area contributed by atoms with Crippen molar-refractivity contribution >= 4 is 11.6 Å². The maximum atomic E-state index is 12.1. The van der Waals surface area contributed by atoms with E-state index in [1.807, 2.05) is 62.4 Å². The fourth-order valence-corrected chi connectivity index (χ4v) is 1.99. The molecule has 4 nitrogen and oxygen atoms in total. The van der Waals surface area contributed by atoms with Crippen LogP contribution in [0.5, 0.6) is 5.75 Å². The minimum absolute atomic E-state index is 0.0441. The van der Waals surface area contributed by atoms with Gasteiger partial charge >= 0.3 is 0 Å². The Morgan fingerprint density at radius 1 is 1.09 bits per heavy atom. The number of benzene rings is 2. The van der Waals surface area contributed by atoms with E-state index in [4.69, 9.17) is 4.74 Å². The zero-order valence-electron chi connectivity index (χ0n) is 13.2. The van der Waals surface area contributed by atoms with Crippen molar-refractivity contribution in [1.82, 2.24) is 5.32 Å². The standard InChI is InChI=1S/C18H22N2O2/c1-13-4-8-16(9-5-13)20-18(21)14(2)19-12-15-6-10-17(22-3)11-7-15/h4-11,14,19H,12H2,1-3H3,(H,20,21)/t14-/m1/s1. The zero-order chi connectivity index (χ0) is 15.9. The van der Waals surface area contributed by atoms with Gasteiger partial charge in [-0.2, -0.15) is 0 Å². The van der Waals surface area contributed by atoms with Gasteiger partial charge < -0.3 is 15.4 Å².